The Morgan fingerprint density at radius 1 is 0.581 bits per heavy atom. The van der Waals surface area contributed by atoms with E-state index in [1.54, 1.807) is 12.1 Å². The molecule has 3 heterocycles. The maximum absolute atomic E-state index is 9.44. The lowest BCUT2D eigenvalue weighted by atomic mass is 10.1. The van der Waals surface area contributed by atoms with Crippen LogP contribution in [0.2, 0.25) is 0 Å². The van der Waals surface area contributed by atoms with E-state index in [4.69, 9.17) is 11.0 Å². The lowest BCUT2D eigenvalue weighted by Crippen LogP contribution is -1.94. The molecule has 6 aromatic carbocycles. The standard InChI is InChI=1S/C38H20N4O/c1-40-29-21-23(22-39)15-18-32(29)42-31-14-8-6-12-28(31)36-34(42)20-17-26-25-16-19-33-35(37(25)43-38(26)36)27-11-5-7-13-30(27)41(33)24-9-3-2-4-10-24/h2-21H. The van der Waals surface area contributed by atoms with Crippen LogP contribution in [-0.2, 0) is 0 Å². The average molecular weight is 549 g/mol. The van der Waals surface area contributed by atoms with Crippen LogP contribution in [0, 0.1) is 17.9 Å². The Balaban J connectivity index is 1.44. The van der Waals surface area contributed by atoms with Gasteiger partial charge in [0.05, 0.1) is 51.2 Å². The summed E-state index contributed by atoms with van der Waals surface area (Å²) in [6.07, 6.45) is 0. The Kier molecular flexibility index (Phi) is 4.68. The van der Waals surface area contributed by atoms with Crippen molar-refractivity contribution in [3.63, 3.8) is 0 Å². The summed E-state index contributed by atoms with van der Waals surface area (Å²) in [6.45, 7) is 7.87. The number of nitriles is 1. The van der Waals surface area contributed by atoms with Crippen molar-refractivity contribution >= 4 is 71.2 Å². The molecule has 9 rings (SSSR count). The van der Waals surface area contributed by atoms with Gasteiger partial charge >= 0.3 is 0 Å². The Hall–Kier alpha value is -6.30. The second-order valence-corrected chi connectivity index (χ2v) is 10.7. The normalized spacial score (nSPS) is 11.7. The largest absolute Gasteiger partial charge is 0.455 e. The molecule has 0 aliphatic heterocycles. The van der Waals surface area contributed by atoms with Crippen molar-refractivity contribution in [2.45, 2.75) is 0 Å². The van der Waals surface area contributed by atoms with Gasteiger partial charge in [0.25, 0.3) is 0 Å². The number of para-hydroxylation sites is 3. The Morgan fingerprint density at radius 3 is 1.79 bits per heavy atom. The van der Waals surface area contributed by atoms with Gasteiger partial charge < -0.3 is 13.6 Å². The summed E-state index contributed by atoms with van der Waals surface area (Å²) in [5.74, 6) is 0. The van der Waals surface area contributed by atoms with Crippen LogP contribution in [0.3, 0.4) is 0 Å². The van der Waals surface area contributed by atoms with Gasteiger partial charge in [-0.25, -0.2) is 4.85 Å². The zero-order valence-electron chi connectivity index (χ0n) is 22.7. The molecule has 5 nitrogen and oxygen atoms in total. The van der Waals surface area contributed by atoms with Gasteiger partial charge in [-0.3, -0.25) is 0 Å². The van der Waals surface area contributed by atoms with Gasteiger partial charge in [0.15, 0.2) is 0 Å². The second kappa shape index (κ2) is 8.60. The number of benzene rings is 6. The predicted octanol–water partition coefficient (Wildman–Crippen LogP) is 10.2. The third-order valence-electron chi connectivity index (χ3n) is 8.56. The van der Waals surface area contributed by atoms with Crippen molar-refractivity contribution in [3.05, 3.63) is 138 Å². The zero-order valence-corrected chi connectivity index (χ0v) is 22.7. The first kappa shape index (κ1) is 23.4. The van der Waals surface area contributed by atoms with E-state index in [9.17, 15) is 5.26 Å². The van der Waals surface area contributed by atoms with Crippen molar-refractivity contribution in [3.8, 4) is 17.4 Å². The second-order valence-electron chi connectivity index (χ2n) is 10.7. The van der Waals surface area contributed by atoms with Crippen LogP contribution in [0.25, 0.3) is 81.8 Å². The van der Waals surface area contributed by atoms with Gasteiger partial charge in [-0.1, -0.05) is 54.6 Å². The minimum Gasteiger partial charge on any atom is -0.455 e. The van der Waals surface area contributed by atoms with E-state index >= 15 is 0 Å². The summed E-state index contributed by atoms with van der Waals surface area (Å²) in [7, 11) is 0. The minimum atomic E-state index is 0.432. The first-order valence-electron chi connectivity index (χ1n) is 14.0. The molecule has 0 aliphatic rings. The zero-order chi connectivity index (χ0) is 28.7. The number of nitrogens with zero attached hydrogens (tertiary/aromatic N) is 4. The maximum atomic E-state index is 9.44. The number of hydrogen-bond acceptors (Lipinski definition) is 2. The maximum Gasteiger partial charge on any atom is 0.211 e. The van der Waals surface area contributed by atoms with Crippen LogP contribution < -0.4 is 0 Å². The number of furan rings is 1. The highest BCUT2D eigenvalue weighted by molar-refractivity contribution is 6.29. The van der Waals surface area contributed by atoms with E-state index in [1.807, 2.05) is 24.3 Å². The third kappa shape index (κ3) is 3.08. The molecular weight excluding hydrogens is 528 g/mol. The minimum absolute atomic E-state index is 0.432. The van der Waals surface area contributed by atoms with E-state index in [2.05, 4.69) is 105 Å². The summed E-state index contributed by atoms with van der Waals surface area (Å²) in [5, 5.41) is 15.8. The van der Waals surface area contributed by atoms with Gasteiger partial charge in [-0.15, -0.1) is 0 Å². The Morgan fingerprint density at radius 2 is 1.16 bits per heavy atom. The fraction of sp³-hybridized carbons (Fsp3) is 0. The molecule has 0 unspecified atom stereocenters. The van der Waals surface area contributed by atoms with Crippen LogP contribution in [0.5, 0.6) is 0 Å². The highest BCUT2D eigenvalue weighted by atomic mass is 16.3. The fourth-order valence-corrected chi connectivity index (χ4v) is 6.78. The van der Waals surface area contributed by atoms with E-state index in [1.165, 1.54) is 0 Å². The molecule has 0 saturated heterocycles. The molecule has 0 spiro atoms. The Labute approximate surface area is 245 Å². The number of fused-ring (bicyclic) bond motifs is 11. The van der Waals surface area contributed by atoms with Crippen LogP contribution in [0.4, 0.5) is 5.69 Å². The SMILES string of the molecule is [C-]#[N+]c1cc(C#N)ccc1-n1c2ccccc2c2c3oc4c(ccc5c4c4ccccc4n5-c4ccccc4)c3ccc21. The first-order valence-corrected chi connectivity index (χ1v) is 14.0. The molecule has 0 bridgehead atoms. The van der Waals surface area contributed by atoms with Crippen LogP contribution in [0.15, 0.2) is 126 Å². The molecule has 43 heavy (non-hydrogen) atoms. The van der Waals surface area contributed by atoms with Gasteiger partial charge in [0.1, 0.15) is 11.2 Å². The molecular formula is C38H20N4O. The van der Waals surface area contributed by atoms with Gasteiger partial charge in [-0.05, 0) is 66.7 Å². The van der Waals surface area contributed by atoms with E-state index in [-0.39, 0.29) is 0 Å². The molecule has 0 atom stereocenters. The molecule has 0 N–H and O–H groups in total. The molecule has 0 radical (unpaired) electrons. The van der Waals surface area contributed by atoms with E-state index < -0.39 is 0 Å². The summed E-state index contributed by atoms with van der Waals surface area (Å²) in [5.41, 5.74) is 8.58. The predicted molar refractivity (Wildman–Crippen MR) is 173 cm³/mol. The topological polar surface area (TPSA) is 51.1 Å². The van der Waals surface area contributed by atoms with Crippen molar-refractivity contribution in [1.82, 2.24) is 9.13 Å². The van der Waals surface area contributed by atoms with E-state index in [0.717, 1.165) is 76.9 Å². The smallest absolute Gasteiger partial charge is 0.211 e. The highest BCUT2D eigenvalue weighted by Crippen LogP contribution is 2.45. The molecule has 5 heteroatoms. The van der Waals surface area contributed by atoms with Gasteiger partial charge in [-0.2, -0.15) is 5.26 Å². The number of rotatable bonds is 2. The van der Waals surface area contributed by atoms with Crippen LogP contribution in [0.1, 0.15) is 5.56 Å². The quantitative estimate of drug-likeness (QED) is 0.202. The molecule has 0 fully saturated rings. The molecule has 198 valence electrons. The number of aromatic nitrogens is 2. The van der Waals surface area contributed by atoms with Crippen molar-refractivity contribution < 1.29 is 4.42 Å². The lowest BCUT2D eigenvalue weighted by Gasteiger charge is -2.10. The van der Waals surface area contributed by atoms with Crippen molar-refractivity contribution in [2.75, 3.05) is 0 Å². The summed E-state index contributed by atoms with van der Waals surface area (Å²) in [4.78, 5) is 3.79. The average Bonchev–Trinajstić information content (AvgIpc) is 3.72. The summed E-state index contributed by atoms with van der Waals surface area (Å²) in [6, 6.07) is 43.2. The molecule has 0 amide bonds. The monoisotopic (exact) mass is 548 g/mol. The fourth-order valence-electron chi connectivity index (χ4n) is 6.78. The van der Waals surface area contributed by atoms with Gasteiger partial charge in [0.2, 0.25) is 5.69 Å². The van der Waals surface area contributed by atoms with Crippen LogP contribution in [-0.4, -0.2) is 9.13 Å². The van der Waals surface area contributed by atoms with Crippen molar-refractivity contribution in [1.29, 1.82) is 5.26 Å². The summed E-state index contributed by atoms with van der Waals surface area (Å²) >= 11 is 0. The third-order valence-corrected chi connectivity index (χ3v) is 8.56. The summed E-state index contributed by atoms with van der Waals surface area (Å²) < 4.78 is 11.4. The molecule has 0 aliphatic carbocycles. The highest BCUT2D eigenvalue weighted by Gasteiger charge is 2.22. The van der Waals surface area contributed by atoms with Gasteiger partial charge in [0, 0.05) is 32.8 Å². The van der Waals surface area contributed by atoms with Crippen LogP contribution >= 0.6 is 0 Å². The Bertz CT molecular complexity index is 2690. The molecule has 0 saturated carbocycles. The lowest BCUT2D eigenvalue weighted by molar-refractivity contribution is 0.677. The van der Waals surface area contributed by atoms with Crippen molar-refractivity contribution in [2.24, 2.45) is 0 Å². The molecule has 9 aromatic rings. The first-order chi connectivity index (χ1) is 21.3. The number of hydrogen-bond donors (Lipinski definition) is 0. The van der Waals surface area contributed by atoms with E-state index in [0.29, 0.717) is 11.3 Å². The molecule has 3 aromatic heterocycles.